The first-order valence-corrected chi connectivity index (χ1v) is 6.21. The minimum absolute atomic E-state index is 0.184. The van der Waals surface area contributed by atoms with Crippen molar-refractivity contribution in [2.75, 3.05) is 13.7 Å². The van der Waals surface area contributed by atoms with Gasteiger partial charge < -0.3 is 10.1 Å². The number of nitrogens with one attached hydrogen (secondary N) is 1. The number of benzene rings is 1. The quantitative estimate of drug-likeness (QED) is 0.821. The molecule has 2 atom stereocenters. The molecule has 1 aromatic rings. The van der Waals surface area contributed by atoms with E-state index >= 15 is 0 Å². The van der Waals surface area contributed by atoms with Crippen LogP contribution in [0, 0.1) is 11.7 Å². The summed E-state index contributed by atoms with van der Waals surface area (Å²) in [4.78, 5) is 0. The number of hydrogen-bond donors (Lipinski definition) is 1. The molecule has 0 amide bonds. The van der Waals surface area contributed by atoms with Crippen molar-refractivity contribution in [3.05, 3.63) is 35.6 Å². The van der Waals surface area contributed by atoms with Gasteiger partial charge in [-0.2, -0.15) is 0 Å². The number of hydrogen-bond acceptors (Lipinski definition) is 2. The lowest BCUT2D eigenvalue weighted by Crippen LogP contribution is -2.36. The van der Waals surface area contributed by atoms with Crippen molar-refractivity contribution in [3.63, 3.8) is 0 Å². The van der Waals surface area contributed by atoms with Gasteiger partial charge in [-0.25, -0.2) is 4.39 Å². The predicted octanol–water partition coefficient (Wildman–Crippen LogP) is 2.90. The molecule has 1 N–H and O–H groups in total. The molecule has 1 aliphatic rings. The molecule has 0 spiro atoms. The summed E-state index contributed by atoms with van der Waals surface area (Å²) in [5.41, 5.74) is 1.12. The Morgan fingerprint density at radius 1 is 1.35 bits per heavy atom. The molecule has 0 bridgehead atoms. The lowest BCUT2D eigenvalue weighted by atomic mass is 10.1. The van der Waals surface area contributed by atoms with E-state index in [0.29, 0.717) is 6.04 Å². The van der Waals surface area contributed by atoms with E-state index in [9.17, 15) is 4.39 Å². The topological polar surface area (TPSA) is 21.3 Å². The second-order valence-corrected chi connectivity index (χ2v) is 4.84. The SMILES string of the molecule is COCC(N[C@@H](C)c1ccc(F)cc1)C1CC1. The average Bonchev–Trinajstić information content (AvgIpc) is 3.13. The van der Waals surface area contributed by atoms with Gasteiger partial charge in [-0.05, 0) is 43.4 Å². The van der Waals surface area contributed by atoms with Crippen LogP contribution in [-0.2, 0) is 4.74 Å². The van der Waals surface area contributed by atoms with Crippen LogP contribution in [0.1, 0.15) is 31.4 Å². The van der Waals surface area contributed by atoms with Crippen molar-refractivity contribution >= 4 is 0 Å². The van der Waals surface area contributed by atoms with Crippen molar-refractivity contribution in [3.8, 4) is 0 Å². The molecule has 0 aliphatic heterocycles. The fraction of sp³-hybridized carbons (Fsp3) is 0.571. The molecule has 0 radical (unpaired) electrons. The smallest absolute Gasteiger partial charge is 0.123 e. The highest BCUT2D eigenvalue weighted by Crippen LogP contribution is 2.33. The molecule has 2 rings (SSSR count). The van der Waals surface area contributed by atoms with E-state index in [0.717, 1.165) is 18.1 Å². The Hall–Kier alpha value is -0.930. The van der Waals surface area contributed by atoms with Crippen LogP contribution >= 0.6 is 0 Å². The van der Waals surface area contributed by atoms with Crippen molar-refractivity contribution in [2.45, 2.75) is 31.8 Å². The Labute approximate surface area is 102 Å². The third kappa shape index (κ3) is 3.51. The lowest BCUT2D eigenvalue weighted by Gasteiger charge is -2.23. The summed E-state index contributed by atoms with van der Waals surface area (Å²) in [7, 11) is 1.74. The average molecular weight is 237 g/mol. The first-order valence-electron chi connectivity index (χ1n) is 6.21. The molecule has 1 unspecified atom stereocenters. The number of methoxy groups -OCH3 is 1. The van der Waals surface area contributed by atoms with Gasteiger partial charge in [0, 0.05) is 19.2 Å². The standard InChI is InChI=1S/C14H20FNO/c1-10(11-5-7-13(15)8-6-11)16-14(9-17-2)12-3-4-12/h5-8,10,12,14,16H,3-4,9H2,1-2H3/t10-,14?/m0/s1. The molecule has 94 valence electrons. The van der Waals surface area contributed by atoms with Gasteiger partial charge >= 0.3 is 0 Å². The second-order valence-electron chi connectivity index (χ2n) is 4.84. The van der Waals surface area contributed by atoms with E-state index in [2.05, 4.69) is 12.2 Å². The summed E-state index contributed by atoms with van der Waals surface area (Å²) >= 11 is 0. The highest BCUT2D eigenvalue weighted by atomic mass is 19.1. The van der Waals surface area contributed by atoms with Crippen LogP contribution in [0.4, 0.5) is 4.39 Å². The largest absolute Gasteiger partial charge is 0.383 e. The summed E-state index contributed by atoms with van der Waals surface area (Å²) in [5.74, 6) is 0.564. The van der Waals surface area contributed by atoms with Gasteiger partial charge in [0.15, 0.2) is 0 Å². The molecule has 0 saturated heterocycles. The van der Waals surface area contributed by atoms with Gasteiger partial charge in [0.05, 0.1) is 6.61 Å². The van der Waals surface area contributed by atoms with Crippen LogP contribution in [0.25, 0.3) is 0 Å². The fourth-order valence-electron chi connectivity index (χ4n) is 2.17. The monoisotopic (exact) mass is 237 g/mol. The zero-order valence-electron chi connectivity index (χ0n) is 10.4. The van der Waals surface area contributed by atoms with Crippen LogP contribution in [0.3, 0.4) is 0 Å². The summed E-state index contributed by atoms with van der Waals surface area (Å²) in [6.45, 7) is 2.86. The molecule has 3 heteroatoms. The van der Waals surface area contributed by atoms with Gasteiger partial charge in [-0.15, -0.1) is 0 Å². The molecule has 2 nitrogen and oxygen atoms in total. The van der Waals surface area contributed by atoms with Gasteiger partial charge in [0.25, 0.3) is 0 Å². The summed E-state index contributed by atoms with van der Waals surface area (Å²) in [5, 5.41) is 3.57. The van der Waals surface area contributed by atoms with E-state index in [-0.39, 0.29) is 11.9 Å². The Morgan fingerprint density at radius 3 is 2.53 bits per heavy atom. The summed E-state index contributed by atoms with van der Waals surface area (Å²) < 4.78 is 18.1. The van der Waals surface area contributed by atoms with Crippen molar-refractivity contribution in [1.29, 1.82) is 0 Å². The van der Waals surface area contributed by atoms with Gasteiger partial charge in [-0.1, -0.05) is 12.1 Å². The fourth-order valence-corrected chi connectivity index (χ4v) is 2.17. The maximum absolute atomic E-state index is 12.8. The van der Waals surface area contributed by atoms with E-state index < -0.39 is 0 Å². The maximum Gasteiger partial charge on any atom is 0.123 e. The van der Waals surface area contributed by atoms with Crippen molar-refractivity contribution in [2.24, 2.45) is 5.92 Å². The van der Waals surface area contributed by atoms with E-state index in [4.69, 9.17) is 4.74 Å². The number of rotatable bonds is 6. The number of ether oxygens (including phenoxy) is 1. The van der Waals surface area contributed by atoms with Gasteiger partial charge in [0.1, 0.15) is 5.82 Å². The molecular weight excluding hydrogens is 217 g/mol. The van der Waals surface area contributed by atoms with Crippen molar-refractivity contribution in [1.82, 2.24) is 5.32 Å². The van der Waals surface area contributed by atoms with E-state index in [1.807, 2.05) is 12.1 Å². The molecule has 0 aromatic heterocycles. The number of halogens is 1. The molecule has 1 fully saturated rings. The van der Waals surface area contributed by atoms with Gasteiger partial charge in [0.2, 0.25) is 0 Å². The van der Waals surface area contributed by atoms with Crippen LogP contribution < -0.4 is 5.32 Å². The molecule has 0 heterocycles. The second kappa shape index (κ2) is 5.61. The van der Waals surface area contributed by atoms with Gasteiger partial charge in [-0.3, -0.25) is 0 Å². The highest BCUT2D eigenvalue weighted by molar-refractivity contribution is 5.19. The zero-order chi connectivity index (χ0) is 12.3. The van der Waals surface area contributed by atoms with Crippen LogP contribution in [0.2, 0.25) is 0 Å². The molecule has 17 heavy (non-hydrogen) atoms. The Kier molecular flexibility index (Phi) is 4.13. The molecular formula is C14H20FNO. The van der Waals surface area contributed by atoms with Crippen LogP contribution in [0.5, 0.6) is 0 Å². The summed E-state index contributed by atoms with van der Waals surface area (Å²) in [6, 6.07) is 7.34. The third-order valence-corrected chi connectivity index (χ3v) is 3.37. The lowest BCUT2D eigenvalue weighted by molar-refractivity contribution is 0.152. The minimum atomic E-state index is -0.184. The zero-order valence-corrected chi connectivity index (χ0v) is 10.4. The first-order chi connectivity index (χ1) is 8.20. The Balaban J connectivity index is 1.94. The molecule has 1 saturated carbocycles. The van der Waals surface area contributed by atoms with Crippen LogP contribution in [-0.4, -0.2) is 19.8 Å². The van der Waals surface area contributed by atoms with Crippen molar-refractivity contribution < 1.29 is 9.13 Å². The highest BCUT2D eigenvalue weighted by Gasteiger charge is 2.31. The Bertz CT molecular complexity index is 348. The molecule has 1 aromatic carbocycles. The molecule has 1 aliphatic carbocycles. The minimum Gasteiger partial charge on any atom is -0.383 e. The van der Waals surface area contributed by atoms with E-state index in [1.165, 1.54) is 25.0 Å². The Morgan fingerprint density at radius 2 is 2.00 bits per heavy atom. The van der Waals surface area contributed by atoms with E-state index in [1.54, 1.807) is 7.11 Å². The normalized spacial score (nSPS) is 19.0. The van der Waals surface area contributed by atoms with Crippen LogP contribution in [0.15, 0.2) is 24.3 Å². The third-order valence-electron chi connectivity index (χ3n) is 3.37. The maximum atomic E-state index is 12.8. The predicted molar refractivity (Wildman–Crippen MR) is 66.3 cm³/mol. The first kappa shape index (κ1) is 12.5. The summed E-state index contributed by atoms with van der Waals surface area (Å²) in [6.07, 6.45) is 2.58.